The summed E-state index contributed by atoms with van der Waals surface area (Å²) >= 11 is 22.3. The number of fused-ring (bicyclic) bond motifs is 3. The van der Waals surface area contributed by atoms with Crippen molar-refractivity contribution in [2.24, 2.45) is 5.92 Å². The highest BCUT2D eigenvalue weighted by Gasteiger charge is 2.45. The van der Waals surface area contributed by atoms with E-state index < -0.39 is 17.7 Å². The molecule has 0 spiro atoms. The number of rotatable bonds is 5. The Balaban J connectivity index is 1.50. The van der Waals surface area contributed by atoms with Gasteiger partial charge in [-0.3, -0.25) is 0 Å². The van der Waals surface area contributed by atoms with E-state index in [4.69, 9.17) is 44.3 Å². The Morgan fingerprint density at radius 1 is 1.05 bits per heavy atom. The zero-order valence-electron chi connectivity index (χ0n) is 19.3. The molecule has 3 atom stereocenters. The number of hydrogen-bond acceptors (Lipinski definition) is 3. The lowest BCUT2D eigenvalue weighted by Crippen LogP contribution is -2.31. The molecule has 0 saturated carbocycles. The third-order valence-electron chi connectivity index (χ3n) is 6.77. The van der Waals surface area contributed by atoms with Gasteiger partial charge in [-0.1, -0.05) is 53.0 Å². The van der Waals surface area contributed by atoms with Gasteiger partial charge in [0, 0.05) is 21.5 Å². The topological polar surface area (TPSA) is 30.5 Å². The van der Waals surface area contributed by atoms with Crippen LogP contribution in [-0.2, 0) is 12.8 Å². The Labute approximate surface area is 235 Å². The molecule has 1 aliphatic carbocycles. The number of hydrogen-bond donors (Lipinski definition) is 1. The lowest BCUT2D eigenvalue weighted by atomic mass is 9.75. The van der Waals surface area contributed by atoms with Gasteiger partial charge in [-0.05, 0) is 75.8 Å². The van der Waals surface area contributed by atoms with E-state index in [0.29, 0.717) is 38.1 Å². The molecule has 3 aromatic carbocycles. The second kappa shape index (κ2) is 10.3. The summed E-state index contributed by atoms with van der Waals surface area (Å²) in [7, 11) is 1.53. The summed E-state index contributed by atoms with van der Waals surface area (Å²) in [6, 6.07) is 10.9. The van der Waals surface area contributed by atoms with Crippen molar-refractivity contribution in [3.05, 3.63) is 96.4 Å². The number of methoxy groups -OCH3 is 1. The van der Waals surface area contributed by atoms with Crippen LogP contribution in [0.2, 0.25) is 15.1 Å². The summed E-state index contributed by atoms with van der Waals surface area (Å²) in [4.78, 5) is 0. The minimum Gasteiger partial charge on any atom is -0.493 e. The Bertz CT molecular complexity index is 1400. The Hall–Kier alpha value is -2.06. The van der Waals surface area contributed by atoms with Gasteiger partial charge in [0.1, 0.15) is 6.61 Å². The fraction of sp³-hybridized carbons (Fsp3) is 0.259. The maximum absolute atomic E-state index is 13.9. The van der Waals surface area contributed by atoms with Crippen LogP contribution >= 0.6 is 50.7 Å². The molecule has 194 valence electrons. The molecule has 3 nitrogen and oxygen atoms in total. The van der Waals surface area contributed by atoms with Crippen LogP contribution in [0.4, 0.5) is 18.9 Å². The van der Waals surface area contributed by atoms with Crippen molar-refractivity contribution in [3.8, 4) is 11.5 Å². The number of anilines is 1. The SMILES string of the molecule is COc1cc([C@@H]2Nc3c(Cl)ccc(C(F)(F)F)c3[C@@H]3C=CC[C@@H]32)cc(Br)c1OCc1ccc(Cl)cc1Cl. The van der Waals surface area contributed by atoms with E-state index in [0.717, 1.165) is 17.2 Å². The van der Waals surface area contributed by atoms with E-state index in [1.807, 2.05) is 24.3 Å². The van der Waals surface area contributed by atoms with Crippen molar-refractivity contribution in [3.63, 3.8) is 0 Å². The molecule has 0 fully saturated rings. The van der Waals surface area contributed by atoms with E-state index in [1.54, 1.807) is 18.2 Å². The Morgan fingerprint density at radius 3 is 2.54 bits per heavy atom. The summed E-state index contributed by atoms with van der Waals surface area (Å²) in [6.45, 7) is 0.184. The average molecular weight is 634 g/mol. The summed E-state index contributed by atoms with van der Waals surface area (Å²) in [5, 5.41) is 4.58. The number of benzene rings is 3. The molecule has 3 aromatic rings. The normalized spacial score (nSPS) is 20.3. The third-order valence-corrected chi connectivity index (χ3v) is 8.26. The maximum atomic E-state index is 13.9. The number of ether oxygens (including phenoxy) is 2. The lowest BCUT2D eigenvalue weighted by Gasteiger charge is -2.39. The first-order valence-electron chi connectivity index (χ1n) is 11.4. The highest BCUT2D eigenvalue weighted by atomic mass is 79.9. The van der Waals surface area contributed by atoms with Crippen molar-refractivity contribution < 1.29 is 22.6 Å². The lowest BCUT2D eigenvalue weighted by molar-refractivity contribution is -0.138. The molecule has 1 heterocycles. The monoisotopic (exact) mass is 631 g/mol. The molecule has 10 heteroatoms. The quantitative estimate of drug-likeness (QED) is 0.284. The van der Waals surface area contributed by atoms with E-state index >= 15 is 0 Å². The van der Waals surface area contributed by atoms with Crippen molar-refractivity contribution in [2.45, 2.75) is 31.2 Å². The molecule has 0 saturated heterocycles. The Morgan fingerprint density at radius 2 is 1.84 bits per heavy atom. The first kappa shape index (κ1) is 26.5. The minimum atomic E-state index is -4.48. The molecule has 0 aromatic heterocycles. The molecule has 0 bridgehead atoms. The van der Waals surface area contributed by atoms with Crippen LogP contribution in [-0.4, -0.2) is 7.11 Å². The van der Waals surface area contributed by atoms with Gasteiger partial charge in [0.05, 0.1) is 33.9 Å². The summed E-state index contributed by atoms with van der Waals surface area (Å²) in [5.41, 5.74) is 1.42. The minimum absolute atomic E-state index is 0.136. The number of alkyl halides is 3. The van der Waals surface area contributed by atoms with Gasteiger partial charge in [-0.25, -0.2) is 0 Å². The molecule has 0 unspecified atom stereocenters. The van der Waals surface area contributed by atoms with E-state index in [1.165, 1.54) is 13.2 Å². The largest absolute Gasteiger partial charge is 0.493 e. The van der Waals surface area contributed by atoms with E-state index in [2.05, 4.69) is 21.2 Å². The van der Waals surface area contributed by atoms with Crippen LogP contribution in [0.25, 0.3) is 0 Å². The van der Waals surface area contributed by atoms with Crippen molar-refractivity contribution in [2.75, 3.05) is 12.4 Å². The maximum Gasteiger partial charge on any atom is 0.416 e. The predicted molar refractivity (Wildman–Crippen MR) is 144 cm³/mol. The second-order valence-corrected chi connectivity index (χ2v) is 11.0. The molecule has 1 N–H and O–H groups in total. The summed E-state index contributed by atoms with van der Waals surface area (Å²) in [6.07, 6.45) is -0.0798. The van der Waals surface area contributed by atoms with Crippen LogP contribution in [0, 0.1) is 5.92 Å². The highest BCUT2D eigenvalue weighted by molar-refractivity contribution is 9.10. The van der Waals surface area contributed by atoms with Gasteiger partial charge in [-0.2, -0.15) is 13.2 Å². The molecule has 0 amide bonds. The molecule has 1 aliphatic heterocycles. The first-order valence-corrected chi connectivity index (χ1v) is 13.3. The van der Waals surface area contributed by atoms with E-state index in [-0.39, 0.29) is 29.2 Å². The standard InChI is InChI=1S/C27H20BrCl3F3NO2/c1-36-22-10-14(9-19(28)26(22)37-12-13-5-6-15(29)11-21(13)31)24-17-4-2-3-16(17)23-18(27(32,33)34)7-8-20(30)25(23)35-24/h2-3,5-11,16-17,24,35H,4,12H2,1H3/t16-,17+,24+/m1/s1. The first-order chi connectivity index (χ1) is 17.6. The summed E-state index contributed by atoms with van der Waals surface area (Å²) < 4.78 is 53.9. The van der Waals surface area contributed by atoms with Crippen molar-refractivity contribution in [1.29, 1.82) is 0 Å². The predicted octanol–water partition coefficient (Wildman–Crippen LogP) is 9.84. The van der Waals surface area contributed by atoms with Crippen LogP contribution < -0.4 is 14.8 Å². The van der Waals surface area contributed by atoms with E-state index in [9.17, 15) is 13.2 Å². The second-order valence-electron chi connectivity index (χ2n) is 8.92. The summed E-state index contributed by atoms with van der Waals surface area (Å²) in [5.74, 6) is 0.388. The van der Waals surface area contributed by atoms with Crippen LogP contribution in [0.3, 0.4) is 0 Å². The van der Waals surface area contributed by atoms with Gasteiger partial charge in [-0.15, -0.1) is 0 Å². The van der Waals surface area contributed by atoms with Gasteiger partial charge < -0.3 is 14.8 Å². The average Bonchev–Trinajstić information content (AvgIpc) is 3.33. The fourth-order valence-corrected chi connectivity index (χ4v) is 6.36. The van der Waals surface area contributed by atoms with Gasteiger partial charge in [0.25, 0.3) is 0 Å². The van der Waals surface area contributed by atoms with Crippen LogP contribution in [0.1, 0.15) is 40.6 Å². The van der Waals surface area contributed by atoms with Crippen LogP contribution in [0.15, 0.2) is 59.1 Å². The fourth-order valence-electron chi connectivity index (χ4n) is 5.10. The Kier molecular flexibility index (Phi) is 7.35. The van der Waals surface area contributed by atoms with Crippen molar-refractivity contribution in [1.82, 2.24) is 0 Å². The smallest absolute Gasteiger partial charge is 0.416 e. The number of halogens is 7. The molecule has 37 heavy (non-hydrogen) atoms. The molecule has 5 rings (SSSR count). The van der Waals surface area contributed by atoms with Gasteiger partial charge in [0.2, 0.25) is 0 Å². The van der Waals surface area contributed by atoms with Crippen LogP contribution in [0.5, 0.6) is 11.5 Å². The highest BCUT2D eigenvalue weighted by Crippen LogP contribution is 2.55. The van der Waals surface area contributed by atoms with Gasteiger partial charge >= 0.3 is 6.18 Å². The van der Waals surface area contributed by atoms with Crippen molar-refractivity contribution >= 4 is 56.4 Å². The molecular formula is C27H20BrCl3F3NO2. The molecule has 2 aliphatic rings. The van der Waals surface area contributed by atoms with Gasteiger partial charge in [0.15, 0.2) is 11.5 Å². The molecule has 0 radical (unpaired) electrons. The third kappa shape index (κ3) is 5.03. The zero-order chi connectivity index (χ0) is 26.5. The zero-order valence-corrected chi connectivity index (χ0v) is 23.2. The number of nitrogens with one attached hydrogen (secondary N) is 1. The molecular weight excluding hydrogens is 614 g/mol. The number of allylic oxidation sites excluding steroid dienone is 2.